The number of carbonyl (C=O) groups excluding carboxylic acids is 2. The molecular formula is C25H29N3O3. The molecule has 0 aromatic heterocycles. The Balaban J connectivity index is 1.23. The number of rotatable bonds is 6. The van der Waals surface area contributed by atoms with Gasteiger partial charge in [-0.05, 0) is 35.8 Å². The smallest absolute Gasteiger partial charge is 0.244 e. The number of benzene rings is 2. The summed E-state index contributed by atoms with van der Waals surface area (Å²) in [6, 6.07) is 15.5. The lowest BCUT2D eigenvalue weighted by Gasteiger charge is -2.36. The summed E-state index contributed by atoms with van der Waals surface area (Å²) in [5.41, 5.74) is 3.52. The van der Waals surface area contributed by atoms with E-state index in [0.29, 0.717) is 13.1 Å². The minimum absolute atomic E-state index is 0.0317. The zero-order valence-electron chi connectivity index (χ0n) is 17.9. The van der Waals surface area contributed by atoms with Crippen LogP contribution in [0.2, 0.25) is 0 Å². The molecule has 162 valence electrons. The van der Waals surface area contributed by atoms with Gasteiger partial charge in [-0.1, -0.05) is 42.5 Å². The van der Waals surface area contributed by atoms with Gasteiger partial charge in [-0.25, -0.2) is 0 Å². The van der Waals surface area contributed by atoms with Crippen molar-refractivity contribution >= 4 is 17.9 Å². The molecule has 0 bridgehead atoms. The van der Waals surface area contributed by atoms with E-state index in [9.17, 15) is 9.59 Å². The van der Waals surface area contributed by atoms with Crippen molar-refractivity contribution in [2.75, 3.05) is 32.8 Å². The molecule has 2 aliphatic rings. The number of hydrogen-bond acceptors (Lipinski definition) is 4. The summed E-state index contributed by atoms with van der Waals surface area (Å²) in [5.74, 6) is 0.716. The molecule has 31 heavy (non-hydrogen) atoms. The van der Waals surface area contributed by atoms with Crippen molar-refractivity contribution in [3.05, 3.63) is 71.3 Å². The molecule has 0 unspecified atom stereocenters. The lowest BCUT2D eigenvalue weighted by molar-refractivity contribution is -0.136. The van der Waals surface area contributed by atoms with Gasteiger partial charge in [-0.3, -0.25) is 14.5 Å². The molecular weight excluding hydrogens is 390 g/mol. The Morgan fingerprint density at radius 2 is 1.87 bits per heavy atom. The highest BCUT2D eigenvalue weighted by Gasteiger charge is 2.25. The predicted octanol–water partition coefficient (Wildman–Crippen LogP) is 2.48. The summed E-state index contributed by atoms with van der Waals surface area (Å²) in [6.07, 6.45) is 4.20. The van der Waals surface area contributed by atoms with Gasteiger partial charge in [-0.2, -0.15) is 0 Å². The van der Waals surface area contributed by atoms with E-state index < -0.39 is 6.04 Å². The molecule has 2 amide bonds. The van der Waals surface area contributed by atoms with Gasteiger partial charge in [0.1, 0.15) is 11.8 Å². The fourth-order valence-electron chi connectivity index (χ4n) is 4.06. The maximum atomic E-state index is 12.8. The minimum Gasteiger partial charge on any atom is -0.493 e. The number of nitrogens with zero attached hydrogens (tertiary/aromatic N) is 2. The molecule has 4 rings (SSSR count). The first-order valence-electron chi connectivity index (χ1n) is 10.9. The molecule has 0 spiro atoms. The summed E-state index contributed by atoms with van der Waals surface area (Å²) < 4.78 is 5.58. The first-order chi connectivity index (χ1) is 15.1. The van der Waals surface area contributed by atoms with E-state index in [1.165, 1.54) is 17.2 Å². The van der Waals surface area contributed by atoms with Crippen molar-refractivity contribution in [2.45, 2.75) is 25.9 Å². The van der Waals surface area contributed by atoms with Crippen molar-refractivity contribution in [3.8, 4) is 5.75 Å². The maximum Gasteiger partial charge on any atom is 0.244 e. The number of ether oxygens (including phenoxy) is 1. The normalized spacial score (nSPS) is 17.3. The Morgan fingerprint density at radius 3 is 2.65 bits per heavy atom. The number of nitrogens with one attached hydrogen (secondary N) is 1. The molecule has 1 saturated heterocycles. The standard InChI is InChI=1S/C25H29N3O3/c1-19(26-24(29)10-8-20-5-3-2-4-6-20)25(30)28-14-12-27(13-15-28)18-21-7-9-23-22(17-21)11-16-31-23/h2-10,17,19H,11-16,18H2,1H3,(H,26,29)/b10-8+/t19-/m0/s1. The van der Waals surface area contributed by atoms with Gasteiger partial charge in [0.05, 0.1) is 6.61 Å². The molecule has 6 heteroatoms. The van der Waals surface area contributed by atoms with Crippen LogP contribution in [0.3, 0.4) is 0 Å². The van der Waals surface area contributed by atoms with Crippen LogP contribution in [0.1, 0.15) is 23.6 Å². The van der Waals surface area contributed by atoms with Crippen molar-refractivity contribution in [2.24, 2.45) is 0 Å². The first kappa shape index (κ1) is 21.1. The third kappa shape index (κ3) is 5.52. The molecule has 2 heterocycles. The molecule has 2 aromatic rings. The summed E-state index contributed by atoms with van der Waals surface area (Å²) in [5, 5.41) is 2.78. The highest BCUT2D eigenvalue weighted by Crippen LogP contribution is 2.26. The van der Waals surface area contributed by atoms with Crippen LogP contribution in [0.15, 0.2) is 54.6 Å². The van der Waals surface area contributed by atoms with Gasteiger partial charge >= 0.3 is 0 Å². The molecule has 1 N–H and O–H groups in total. The van der Waals surface area contributed by atoms with Gasteiger partial charge in [0, 0.05) is 45.2 Å². The molecule has 0 aliphatic carbocycles. The molecule has 1 fully saturated rings. The van der Waals surface area contributed by atoms with Gasteiger partial charge in [0.25, 0.3) is 0 Å². The number of carbonyl (C=O) groups is 2. The quantitative estimate of drug-likeness (QED) is 0.731. The third-order valence-electron chi connectivity index (χ3n) is 5.80. The van der Waals surface area contributed by atoms with Crippen molar-refractivity contribution in [1.82, 2.24) is 15.1 Å². The molecule has 2 aromatic carbocycles. The van der Waals surface area contributed by atoms with E-state index in [-0.39, 0.29) is 11.8 Å². The van der Waals surface area contributed by atoms with Crippen LogP contribution in [0, 0.1) is 0 Å². The van der Waals surface area contributed by atoms with Gasteiger partial charge in [-0.15, -0.1) is 0 Å². The Morgan fingerprint density at radius 1 is 1.10 bits per heavy atom. The van der Waals surface area contributed by atoms with Gasteiger partial charge in [0.15, 0.2) is 0 Å². The highest BCUT2D eigenvalue weighted by molar-refractivity contribution is 5.95. The average molecular weight is 420 g/mol. The topological polar surface area (TPSA) is 61.9 Å². The Labute approximate surface area is 183 Å². The van der Waals surface area contributed by atoms with Crippen LogP contribution in [-0.4, -0.2) is 60.4 Å². The van der Waals surface area contributed by atoms with Crippen LogP contribution in [0.5, 0.6) is 5.75 Å². The fourth-order valence-corrected chi connectivity index (χ4v) is 4.06. The molecule has 0 saturated carbocycles. The lowest BCUT2D eigenvalue weighted by Crippen LogP contribution is -2.53. The summed E-state index contributed by atoms with van der Waals surface area (Å²) in [7, 11) is 0. The minimum atomic E-state index is -0.545. The molecule has 0 radical (unpaired) electrons. The van der Waals surface area contributed by atoms with Crippen LogP contribution in [0.4, 0.5) is 0 Å². The second kappa shape index (κ2) is 9.79. The van der Waals surface area contributed by atoms with Crippen LogP contribution in [0.25, 0.3) is 6.08 Å². The van der Waals surface area contributed by atoms with Gasteiger partial charge in [0.2, 0.25) is 11.8 Å². The van der Waals surface area contributed by atoms with E-state index >= 15 is 0 Å². The predicted molar refractivity (Wildman–Crippen MR) is 121 cm³/mol. The maximum absolute atomic E-state index is 12.8. The number of hydrogen-bond donors (Lipinski definition) is 1. The van der Waals surface area contributed by atoms with Crippen LogP contribution in [-0.2, 0) is 22.6 Å². The zero-order valence-corrected chi connectivity index (χ0v) is 17.9. The third-order valence-corrected chi connectivity index (χ3v) is 5.80. The monoisotopic (exact) mass is 419 g/mol. The highest BCUT2D eigenvalue weighted by atomic mass is 16.5. The number of piperazine rings is 1. The lowest BCUT2D eigenvalue weighted by atomic mass is 10.1. The second-order valence-corrected chi connectivity index (χ2v) is 8.12. The van der Waals surface area contributed by atoms with E-state index in [4.69, 9.17) is 4.74 Å². The molecule has 2 aliphatic heterocycles. The first-order valence-corrected chi connectivity index (χ1v) is 10.9. The van der Waals surface area contributed by atoms with Crippen molar-refractivity contribution in [1.29, 1.82) is 0 Å². The van der Waals surface area contributed by atoms with E-state index in [2.05, 4.69) is 28.4 Å². The fraction of sp³-hybridized carbons (Fsp3) is 0.360. The van der Waals surface area contributed by atoms with E-state index in [1.54, 1.807) is 13.0 Å². The summed E-state index contributed by atoms with van der Waals surface area (Å²) in [6.45, 7) is 6.40. The summed E-state index contributed by atoms with van der Waals surface area (Å²) in [4.78, 5) is 29.1. The largest absolute Gasteiger partial charge is 0.493 e. The van der Waals surface area contributed by atoms with E-state index in [1.807, 2.05) is 35.2 Å². The Kier molecular flexibility index (Phi) is 6.67. The van der Waals surface area contributed by atoms with Crippen LogP contribution < -0.4 is 10.1 Å². The molecule has 6 nitrogen and oxygen atoms in total. The second-order valence-electron chi connectivity index (χ2n) is 8.12. The number of amides is 2. The van der Waals surface area contributed by atoms with Crippen molar-refractivity contribution in [3.63, 3.8) is 0 Å². The van der Waals surface area contributed by atoms with Crippen LogP contribution >= 0.6 is 0 Å². The average Bonchev–Trinajstić information content (AvgIpc) is 3.26. The zero-order chi connectivity index (χ0) is 21.6. The Hall–Kier alpha value is -3.12. The van der Waals surface area contributed by atoms with E-state index in [0.717, 1.165) is 44.0 Å². The van der Waals surface area contributed by atoms with Crippen molar-refractivity contribution < 1.29 is 14.3 Å². The Bertz CT molecular complexity index is 950. The molecule has 1 atom stereocenters. The number of fused-ring (bicyclic) bond motifs is 1. The SMILES string of the molecule is C[C@H](NC(=O)/C=C/c1ccccc1)C(=O)N1CCN(Cc2ccc3c(c2)CCO3)CC1. The summed E-state index contributed by atoms with van der Waals surface area (Å²) >= 11 is 0. The van der Waals surface area contributed by atoms with Gasteiger partial charge < -0.3 is 15.0 Å².